The Morgan fingerprint density at radius 3 is 2.75 bits per heavy atom. The zero-order valence-corrected chi connectivity index (χ0v) is 12.6. The van der Waals surface area contributed by atoms with Crippen molar-refractivity contribution in [2.75, 3.05) is 7.11 Å². The number of halogens is 1. The lowest BCUT2D eigenvalue weighted by Crippen LogP contribution is -2.13. The van der Waals surface area contributed by atoms with Crippen molar-refractivity contribution in [3.63, 3.8) is 0 Å². The Labute approximate surface area is 126 Å². The summed E-state index contributed by atoms with van der Waals surface area (Å²) in [6.07, 6.45) is 0. The molecule has 0 aliphatic heterocycles. The van der Waals surface area contributed by atoms with E-state index < -0.39 is 0 Å². The topological polar surface area (TPSA) is 68.3 Å². The summed E-state index contributed by atoms with van der Waals surface area (Å²) in [7, 11) is 1.63. The van der Waals surface area contributed by atoms with Crippen LogP contribution in [-0.4, -0.2) is 12.9 Å². The number of methoxy groups -OCH3 is 1. The van der Waals surface area contributed by atoms with Gasteiger partial charge < -0.3 is 15.2 Å². The fraction of sp³-hybridized carbons (Fsp3) is 0.133. The smallest absolute Gasteiger partial charge is 0.130 e. The zero-order valence-electron chi connectivity index (χ0n) is 11.0. The Balaban J connectivity index is 2.16. The molecule has 0 unspecified atom stereocenters. The molecule has 0 heterocycles. The summed E-state index contributed by atoms with van der Waals surface area (Å²) < 4.78 is 11.8. The average molecular weight is 335 g/mol. The maximum absolute atomic E-state index is 7.58. The van der Waals surface area contributed by atoms with Crippen LogP contribution in [0.15, 0.2) is 46.9 Å². The number of benzene rings is 2. The van der Waals surface area contributed by atoms with Crippen molar-refractivity contribution in [3.8, 4) is 11.5 Å². The molecule has 0 atom stereocenters. The van der Waals surface area contributed by atoms with E-state index >= 15 is 0 Å². The number of nitrogen functional groups attached to an aromatic ring is 1. The van der Waals surface area contributed by atoms with Gasteiger partial charge in [0.2, 0.25) is 0 Å². The highest BCUT2D eigenvalue weighted by Gasteiger charge is 2.08. The number of amidine groups is 1. The predicted octanol–water partition coefficient (Wildman–Crippen LogP) is 3.32. The van der Waals surface area contributed by atoms with Crippen LogP contribution >= 0.6 is 15.9 Å². The summed E-state index contributed by atoms with van der Waals surface area (Å²) in [5.74, 6) is 1.35. The quantitative estimate of drug-likeness (QED) is 0.651. The lowest BCUT2D eigenvalue weighted by Gasteiger charge is -2.11. The van der Waals surface area contributed by atoms with E-state index in [4.69, 9.17) is 20.6 Å². The highest BCUT2D eigenvalue weighted by atomic mass is 79.9. The summed E-state index contributed by atoms with van der Waals surface area (Å²) >= 11 is 3.36. The monoisotopic (exact) mass is 334 g/mol. The molecular weight excluding hydrogens is 320 g/mol. The van der Waals surface area contributed by atoms with Crippen molar-refractivity contribution in [3.05, 3.63) is 58.1 Å². The van der Waals surface area contributed by atoms with Gasteiger partial charge in [-0.1, -0.05) is 28.1 Å². The van der Waals surface area contributed by atoms with Crippen LogP contribution in [0.1, 0.15) is 11.1 Å². The van der Waals surface area contributed by atoms with Crippen LogP contribution in [0.4, 0.5) is 0 Å². The highest BCUT2D eigenvalue weighted by Crippen LogP contribution is 2.24. The van der Waals surface area contributed by atoms with Crippen LogP contribution in [0.25, 0.3) is 0 Å². The summed E-state index contributed by atoms with van der Waals surface area (Å²) in [5, 5.41) is 7.58. The molecule has 0 saturated carbocycles. The second kappa shape index (κ2) is 6.43. The minimum Gasteiger partial charge on any atom is -0.497 e. The fourth-order valence-electron chi connectivity index (χ4n) is 1.76. The van der Waals surface area contributed by atoms with E-state index in [2.05, 4.69) is 15.9 Å². The summed E-state index contributed by atoms with van der Waals surface area (Å²) in [6.45, 7) is 0.388. The number of nitrogens with two attached hydrogens (primary N) is 1. The molecule has 0 saturated heterocycles. The van der Waals surface area contributed by atoms with E-state index in [1.807, 2.05) is 30.3 Å². The molecule has 0 amide bonds. The summed E-state index contributed by atoms with van der Waals surface area (Å²) in [6, 6.07) is 13.1. The number of hydrogen-bond acceptors (Lipinski definition) is 3. The first kappa shape index (κ1) is 14.4. The van der Waals surface area contributed by atoms with Gasteiger partial charge in [0.25, 0.3) is 0 Å². The van der Waals surface area contributed by atoms with Gasteiger partial charge in [0.15, 0.2) is 0 Å². The maximum Gasteiger partial charge on any atom is 0.130 e. The minimum absolute atomic E-state index is 0.0213. The molecule has 0 bridgehead atoms. The molecule has 0 aliphatic rings. The third-order valence-corrected chi connectivity index (χ3v) is 3.25. The van der Waals surface area contributed by atoms with Gasteiger partial charge in [-0.25, -0.2) is 0 Å². The van der Waals surface area contributed by atoms with Gasteiger partial charge >= 0.3 is 0 Å². The molecule has 4 nitrogen and oxygen atoms in total. The first-order valence-electron chi connectivity index (χ1n) is 6.00. The van der Waals surface area contributed by atoms with Crippen molar-refractivity contribution >= 4 is 21.8 Å². The summed E-state index contributed by atoms with van der Waals surface area (Å²) in [5.41, 5.74) is 7.12. The lowest BCUT2D eigenvalue weighted by molar-refractivity contribution is 0.304. The van der Waals surface area contributed by atoms with E-state index in [0.29, 0.717) is 17.9 Å². The third-order valence-electron chi connectivity index (χ3n) is 2.76. The lowest BCUT2D eigenvalue weighted by atomic mass is 10.2. The van der Waals surface area contributed by atoms with E-state index in [0.717, 1.165) is 15.8 Å². The molecule has 5 heteroatoms. The molecule has 104 valence electrons. The Bertz CT molecular complexity index is 629. The molecule has 0 fully saturated rings. The fourth-order valence-corrected chi connectivity index (χ4v) is 2.12. The largest absolute Gasteiger partial charge is 0.497 e. The number of nitrogens with one attached hydrogen (secondary N) is 1. The molecule has 2 aromatic carbocycles. The second-order valence-corrected chi connectivity index (χ2v) is 5.11. The Morgan fingerprint density at radius 1 is 1.25 bits per heavy atom. The van der Waals surface area contributed by atoms with Crippen LogP contribution in [-0.2, 0) is 6.61 Å². The molecule has 0 aliphatic carbocycles. The molecule has 2 rings (SSSR count). The third kappa shape index (κ3) is 3.51. The van der Waals surface area contributed by atoms with E-state index in [1.165, 1.54) is 0 Å². The second-order valence-electron chi connectivity index (χ2n) is 4.19. The predicted molar refractivity (Wildman–Crippen MR) is 82.5 cm³/mol. The van der Waals surface area contributed by atoms with E-state index in [9.17, 15) is 0 Å². The number of rotatable bonds is 5. The Kier molecular flexibility index (Phi) is 4.63. The number of ether oxygens (including phenoxy) is 2. The van der Waals surface area contributed by atoms with Crippen LogP contribution < -0.4 is 15.2 Å². The van der Waals surface area contributed by atoms with Gasteiger partial charge in [0.1, 0.15) is 23.9 Å². The Hall–Kier alpha value is -2.01. The normalized spacial score (nSPS) is 10.1. The molecule has 2 aromatic rings. The maximum atomic E-state index is 7.58. The first-order valence-corrected chi connectivity index (χ1v) is 6.79. The SMILES string of the molecule is COc1cccc(COc2ccc(Br)cc2C(=N)N)c1. The van der Waals surface area contributed by atoms with Gasteiger partial charge in [-0.15, -0.1) is 0 Å². The summed E-state index contributed by atoms with van der Waals surface area (Å²) in [4.78, 5) is 0. The van der Waals surface area contributed by atoms with Crippen LogP contribution in [0.2, 0.25) is 0 Å². The van der Waals surface area contributed by atoms with Gasteiger partial charge in [-0.3, -0.25) is 5.41 Å². The van der Waals surface area contributed by atoms with Gasteiger partial charge in [-0.05, 0) is 35.9 Å². The number of hydrogen-bond donors (Lipinski definition) is 2. The Morgan fingerprint density at radius 2 is 2.05 bits per heavy atom. The van der Waals surface area contributed by atoms with Crippen molar-refractivity contribution in [1.82, 2.24) is 0 Å². The van der Waals surface area contributed by atoms with Crippen LogP contribution in [0, 0.1) is 5.41 Å². The van der Waals surface area contributed by atoms with E-state index in [-0.39, 0.29) is 5.84 Å². The van der Waals surface area contributed by atoms with Gasteiger partial charge in [0.05, 0.1) is 12.7 Å². The average Bonchev–Trinajstić information content (AvgIpc) is 2.46. The van der Waals surface area contributed by atoms with Gasteiger partial charge in [0, 0.05) is 4.47 Å². The molecular formula is C15H15BrN2O2. The van der Waals surface area contributed by atoms with Crippen molar-refractivity contribution in [2.24, 2.45) is 5.73 Å². The minimum atomic E-state index is -0.0213. The molecule has 20 heavy (non-hydrogen) atoms. The first-order chi connectivity index (χ1) is 9.60. The van der Waals surface area contributed by atoms with Gasteiger partial charge in [-0.2, -0.15) is 0 Å². The standard InChI is InChI=1S/C15H15BrN2O2/c1-19-12-4-2-3-10(7-12)9-20-14-6-5-11(16)8-13(14)15(17)18/h2-8H,9H2,1H3,(H3,17,18). The van der Waals surface area contributed by atoms with Crippen LogP contribution in [0.3, 0.4) is 0 Å². The molecule has 0 radical (unpaired) electrons. The molecule has 0 spiro atoms. The van der Waals surface area contributed by atoms with Crippen molar-refractivity contribution in [1.29, 1.82) is 5.41 Å². The zero-order chi connectivity index (χ0) is 14.5. The highest BCUT2D eigenvalue weighted by molar-refractivity contribution is 9.10. The van der Waals surface area contributed by atoms with E-state index in [1.54, 1.807) is 19.2 Å². The van der Waals surface area contributed by atoms with Crippen molar-refractivity contribution in [2.45, 2.75) is 6.61 Å². The van der Waals surface area contributed by atoms with Crippen molar-refractivity contribution < 1.29 is 9.47 Å². The molecule has 0 aromatic heterocycles. The molecule has 3 N–H and O–H groups in total. The van der Waals surface area contributed by atoms with Crippen LogP contribution in [0.5, 0.6) is 11.5 Å².